The van der Waals surface area contributed by atoms with Crippen LogP contribution in [0.2, 0.25) is 5.15 Å². The summed E-state index contributed by atoms with van der Waals surface area (Å²) in [6.07, 6.45) is 1.47. The van der Waals surface area contributed by atoms with Crippen molar-refractivity contribution in [2.24, 2.45) is 5.10 Å². The molecule has 144 valence electrons. The van der Waals surface area contributed by atoms with Crippen molar-refractivity contribution in [3.8, 4) is 5.75 Å². The predicted octanol–water partition coefficient (Wildman–Crippen LogP) is 4.11. The van der Waals surface area contributed by atoms with Gasteiger partial charge in [-0.1, -0.05) is 41.1 Å². The van der Waals surface area contributed by atoms with Gasteiger partial charge in [0.15, 0.2) is 10.3 Å². The Bertz CT molecular complexity index is 945. The molecule has 1 amide bonds. The van der Waals surface area contributed by atoms with Crippen molar-refractivity contribution < 1.29 is 9.53 Å². The molecule has 9 heteroatoms. The Labute approximate surface area is 171 Å². The van der Waals surface area contributed by atoms with Gasteiger partial charge in [0.2, 0.25) is 0 Å². The third kappa shape index (κ3) is 5.70. The monoisotopic (exact) mass is 415 g/mol. The maximum absolute atomic E-state index is 11.8. The number of ether oxygens (including phenoxy) is 1. The topological polar surface area (TPSA) is 87.6 Å². The lowest BCUT2D eigenvalue weighted by Crippen LogP contribution is -2.25. The Kier molecular flexibility index (Phi) is 6.83. The summed E-state index contributed by atoms with van der Waals surface area (Å²) in [6, 6.07) is 16.9. The van der Waals surface area contributed by atoms with E-state index in [0.29, 0.717) is 15.2 Å². The number of hydrogen-bond donors (Lipinski definition) is 3. The van der Waals surface area contributed by atoms with Crippen LogP contribution in [0.15, 0.2) is 59.7 Å². The quantitative estimate of drug-likeness (QED) is 0.380. The van der Waals surface area contributed by atoms with Gasteiger partial charge < -0.3 is 15.4 Å². The molecule has 3 aromatic rings. The molecule has 1 aromatic heterocycles. The molecule has 2 aromatic carbocycles. The van der Waals surface area contributed by atoms with E-state index < -0.39 is 0 Å². The minimum absolute atomic E-state index is 0.113. The number of amides is 1. The summed E-state index contributed by atoms with van der Waals surface area (Å²) < 4.78 is 5.13. The highest BCUT2D eigenvalue weighted by Gasteiger charge is 2.08. The highest BCUT2D eigenvalue weighted by Crippen LogP contribution is 2.28. The zero-order valence-electron chi connectivity index (χ0n) is 15.0. The number of hydrogen-bond acceptors (Lipinski definition) is 7. The minimum Gasteiger partial charge on any atom is -0.497 e. The van der Waals surface area contributed by atoms with Crippen LogP contribution in [-0.4, -0.2) is 30.8 Å². The summed E-state index contributed by atoms with van der Waals surface area (Å²) in [5.41, 5.74) is 4.17. The second kappa shape index (κ2) is 9.72. The first-order valence-electron chi connectivity index (χ1n) is 8.32. The van der Waals surface area contributed by atoms with Gasteiger partial charge in [-0.05, 0) is 36.4 Å². The molecule has 0 bridgehead atoms. The van der Waals surface area contributed by atoms with Crippen LogP contribution in [0.4, 0.5) is 16.5 Å². The molecule has 0 aliphatic carbocycles. The van der Waals surface area contributed by atoms with E-state index in [2.05, 4.69) is 26.1 Å². The van der Waals surface area contributed by atoms with Crippen LogP contribution in [0.25, 0.3) is 0 Å². The third-order valence-corrected chi connectivity index (χ3v) is 4.85. The number of aromatic nitrogens is 1. The largest absolute Gasteiger partial charge is 0.497 e. The fraction of sp³-hybridized carbons (Fsp3) is 0.105. The highest BCUT2D eigenvalue weighted by atomic mass is 35.5. The summed E-state index contributed by atoms with van der Waals surface area (Å²) in [6.45, 7) is 0.113. The van der Waals surface area contributed by atoms with Crippen molar-refractivity contribution in [2.75, 3.05) is 24.3 Å². The highest BCUT2D eigenvalue weighted by molar-refractivity contribution is 7.17. The van der Waals surface area contributed by atoms with Gasteiger partial charge in [-0.3, -0.25) is 4.79 Å². The van der Waals surface area contributed by atoms with E-state index in [1.54, 1.807) is 7.11 Å². The molecule has 3 N–H and O–H groups in total. The number of carbonyl (C=O) groups is 1. The number of benzene rings is 2. The SMILES string of the molecule is COc1ccc(Nc2nc(Cl)c(/C=N/NC(=O)CNc3ccccc3)s2)cc1. The Hall–Kier alpha value is -3.10. The standard InChI is InChI=1S/C19H18ClN5O2S/c1-27-15-9-7-14(8-10-15)23-19-24-18(20)16(28-19)11-22-25-17(26)12-21-13-5-3-2-4-6-13/h2-11,21H,12H2,1H3,(H,23,24)(H,25,26)/b22-11+. The number of nitrogens with one attached hydrogen (secondary N) is 3. The fourth-order valence-electron chi connectivity index (χ4n) is 2.19. The Morgan fingerprint density at radius 1 is 1.18 bits per heavy atom. The minimum atomic E-state index is -0.266. The number of carbonyl (C=O) groups excluding carboxylic acids is 1. The first-order chi connectivity index (χ1) is 13.6. The van der Waals surface area contributed by atoms with Crippen molar-refractivity contribution >= 4 is 51.6 Å². The summed E-state index contributed by atoms with van der Waals surface area (Å²) >= 11 is 7.46. The van der Waals surface area contributed by atoms with Gasteiger partial charge in [0, 0.05) is 11.4 Å². The van der Waals surface area contributed by atoms with Gasteiger partial charge in [0.25, 0.3) is 5.91 Å². The Balaban J connectivity index is 1.51. The molecule has 3 rings (SSSR count). The lowest BCUT2D eigenvalue weighted by atomic mass is 10.3. The van der Waals surface area contributed by atoms with Gasteiger partial charge in [-0.25, -0.2) is 10.4 Å². The number of nitrogens with zero attached hydrogens (tertiary/aromatic N) is 2. The molecular formula is C19H18ClN5O2S. The lowest BCUT2D eigenvalue weighted by Gasteiger charge is -2.04. The van der Waals surface area contributed by atoms with E-state index >= 15 is 0 Å². The maximum atomic E-state index is 11.8. The molecule has 0 saturated heterocycles. The third-order valence-electron chi connectivity index (χ3n) is 3.55. The molecule has 0 radical (unpaired) electrons. The molecular weight excluding hydrogens is 398 g/mol. The van der Waals surface area contributed by atoms with Gasteiger partial charge in [-0.15, -0.1) is 0 Å². The van der Waals surface area contributed by atoms with E-state index in [1.165, 1.54) is 17.6 Å². The van der Waals surface area contributed by atoms with Crippen molar-refractivity contribution in [1.29, 1.82) is 0 Å². The van der Waals surface area contributed by atoms with Crippen LogP contribution in [-0.2, 0) is 4.79 Å². The molecule has 0 aliphatic heterocycles. The van der Waals surface area contributed by atoms with Crippen LogP contribution >= 0.6 is 22.9 Å². The van der Waals surface area contributed by atoms with Crippen molar-refractivity contribution in [3.63, 3.8) is 0 Å². The van der Waals surface area contributed by atoms with Crippen LogP contribution in [0.5, 0.6) is 5.75 Å². The lowest BCUT2D eigenvalue weighted by molar-refractivity contribution is -0.119. The van der Waals surface area contributed by atoms with Gasteiger partial charge in [0.05, 0.1) is 24.7 Å². The van der Waals surface area contributed by atoms with Gasteiger partial charge in [0.1, 0.15) is 5.75 Å². The summed E-state index contributed by atoms with van der Waals surface area (Å²) in [7, 11) is 1.62. The number of thiazole rings is 1. The number of para-hydroxylation sites is 1. The zero-order valence-corrected chi connectivity index (χ0v) is 16.6. The molecule has 0 saturated carbocycles. The van der Waals surface area contributed by atoms with Crippen molar-refractivity contribution in [1.82, 2.24) is 10.4 Å². The van der Waals surface area contributed by atoms with E-state index in [0.717, 1.165) is 17.1 Å². The summed E-state index contributed by atoms with van der Waals surface area (Å²) in [4.78, 5) is 16.7. The normalized spacial score (nSPS) is 10.6. The number of methoxy groups -OCH3 is 1. The molecule has 28 heavy (non-hydrogen) atoms. The van der Waals surface area contributed by atoms with Crippen molar-refractivity contribution in [3.05, 3.63) is 64.6 Å². The van der Waals surface area contributed by atoms with Gasteiger partial charge in [-0.2, -0.15) is 5.10 Å². The number of rotatable bonds is 8. The Morgan fingerprint density at radius 2 is 1.93 bits per heavy atom. The molecule has 0 aliphatic rings. The van der Waals surface area contributed by atoms with E-state index in [9.17, 15) is 4.79 Å². The molecule has 0 fully saturated rings. The average Bonchev–Trinajstić information content (AvgIpc) is 3.07. The van der Waals surface area contributed by atoms with Crippen LogP contribution in [0.3, 0.4) is 0 Å². The zero-order chi connectivity index (χ0) is 19.8. The molecule has 0 unspecified atom stereocenters. The average molecular weight is 416 g/mol. The number of anilines is 3. The van der Waals surface area contributed by atoms with Crippen LogP contribution in [0, 0.1) is 0 Å². The molecule has 0 atom stereocenters. The van der Waals surface area contributed by atoms with E-state index in [1.807, 2.05) is 54.6 Å². The fourth-order valence-corrected chi connectivity index (χ4v) is 3.23. The first-order valence-corrected chi connectivity index (χ1v) is 9.52. The van der Waals surface area contributed by atoms with E-state index in [-0.39, 0.29) is 12.5 Å². The Morgan fingerprint density at radius 3 is 2.64 bits per heavy atom. The van der Waals surface area contributed by atoms with Gasteiger partial charge >= 0.3 is 0 Å². The maximum Gasteiger partial charge on any atom is 0.259 e. The van der Waals surface area contributed by atoms with Crippen LogP contribution in [0.1, 0.15) is 4.88 Å². The first kappa shape index (κ1) is 19.7. The summed E-state index contributed by atoms with van der Waals surface area (Å²) in [5, 5.41) is 11.0. The van der Waals surface area contributed by atoms with Crippen molar-refractivity contribution in [2.45, 2.75) is 0 Å². The predicted molar refractivity (Wildman–Crippen MR) is 114 cm³/mol. The van der Waals surface area contributed by atoms with E-state index in [4.69, 9.17) is 16.3 Å². The molecule has 7 nitrogen and oxygen atoms in total. The summed E-state index contributed by atoms with van der Waals surface area (Å²) in [5.74, 6) is 0.505. The molecule has 1 heterocycles. The number of hydrazone groups is 1. The molecule has 0 spiro atoms. The smallest absolute Gasteiger partial charge is 0.259 e. The van der Waals surface area contributed by atoms with Crippen LogP contribution < -0.4 is 20.8 Å². The second-order valence-corrected chi connectivity index (χ2v) is 6.93. The number of halogens is 1. The second-order valence-electron chi connectivity index (χ2n) is 5.54.